The van der Waals surface area contributed by atoms with Crippen molar-refractivity contribution in [2.45, 2.75) is 6.92 Å². The number of likely N-dealkylation sites (N-methyl/N-ethyl adjacent to an activating group) is 1. The number of rotatable bonds is 10. The summed E-state index contributed by atoms with van der Waals surface area (Å²) in [4.78, 5) is 21.4. The molecular formula is C22H28ClN3O4S. The highest BCUT2D eigenvalue weighted by Crippen LogP contribution is 2.31. The number of ether oxygens (including phenoxy) is 3. The molecule has 9 heteroatoms. The number of halogens is 1. The number of aromatic nitrogens is 1. The Kier molecular flexibility index (Phi) is 9.36. The molecule has 1 heterocycles. The van der Waals surface area contributed by atoms with E-state index in [4.69, 9.17) is 14.2 Å². The molecule has 1 aromatic heterocycles. The van der Waals surface area contributed by atoms with Crippen LogP contribution in [0.3, 0.4) is 0 Å². The lowest BCUT2D eigenvalue weighted by Crippen LogP contribution is -2.39. The first kappa shape index (κ1) is 24.7. The summed E-state index contributed by atoms with van der Waals surface area (Å²) in [5.41, 5.74) is 0.839. The van der Waals surface area contributed by atoms with Gasteiger partial charge in [-0.1, -0.05) is 11.3 Å². The van der Waals surface area contributed by atoms with Crippen LogP contribution in [-0.2, 0) is 4.79 Å². The van der Waals surface area contributed by atoms with Gasteiger partial charge >= 0.3 is 0 Å². The van der Waals surface area contributed by atoms with Gasteiger partial charge in [-0.3, -0.25) is 9.69 Å². The van der Waals surface area contributed by atoms with Crippen molar-refractivity contribution in [2.75, 3.05) is 52.4 Å². The number of methoxy groups -OCH3 is 1. The highest BCUT2D eigenvalue weighted by molar-refractivity contribution is 7.22. The van der Waals surface area contributed by atoms with E-state index in [0.717, 1.165) is 21.7 Å². The van der Waals surface area contributed by atoms with Crippen molar-refractivity contribution in [3.05, 3.63) is 42.5 Å². The first-order valence-corrected chi connectivity index (χ1v) is 10.6. The fourth-order valence-electron chi connectivity index (χ4n) is 2.78. The SMILES string of the molecule is CCOc1ccc(OCC(=O)N(CCN(C)C)c2nc3ccc(OC)cc3s2)cc1.Cl. The van der Waals surface area contributed by atoms with Crippen molar-refractivity contribution in [3.63, 3.8) is 0 Å². The third kappa shape index (κ3) is 6.72. The Morgan fingerprint density at radius 2 is 1.65 bits per heavy atom. The maximum absolute atomic E-state index is 13.0. The summed E-state index contributed by atoms with van der Waals surface area (Å²) in [6, 6.07) is 13.0. The third-order valence-corrected chi connectivity index (χ3v) is 5.43. The van der Waals surface area contributed by atoms with E-state index in [1.54, 1.807) is 24.1 Å². The molecule has 0 aliphatic heterocycles. The smallest absolute Gasteiger partial charge is 0.266 e. The van der Waals surface area contributed by atoms with Gasteiger partial charge in [-0.15, -0.1) is 12.4 Å². The largest absolute Gasteiger partial charge is 0.497 e. The van der Waals surface area contributed by atoms with Crippen LogP contribution in [-0.4, -0.2) is 63.3 Å². The maximum atomic E-state index is 13.0. The Morgan fingerprint density at radius 3 is 2.26 bits per heavy atom. The van der Waals surface area contributed by atoms with Gasteiger partial charge in [0, 0.05) is 13.1 Å². The lowest BCUT2D eigenvalue weighted by Gasteiger charge is -2.22. The number of amides is 1. The van der Waals surface area contributed by atoms with E-state index in [9.17, 15) is 4.79 Å². The van der Waals surface area contributed by atoms with Crippen LogP contribution in [0, 0.1) is 0 Å². The lowest BCUT2D eigenvalue weighted by molar-refractivity contribution is -0.120. The van der Waals surface area contributed by atoms with E-state index in [1.165, 1.54) is 11.3 Å². The number of thiazole rings is 1. The highest BCUT2D eigenvalue weighted by Gasteiger charge is 2.20. The molecule has 0 N–H and O–H groups in total. The second-order valence-corrected chi connectivity index (χ2v) is 7.88. The standard InChI is InChI=1S/C22H27N3O4S.ClH/c1-5-28-16-6-8-17(9-7-16)29-15-21(26)25(13-12-24(2)3)22-23-19-11-10-18(27-4)14-20(19)30-22;/h6-11,14H,5,12-13,15H2,1-4H3;1H. The second kappa shape index (κ2) is 11.7. The van der Waals surface area contributed by atoms with Crippen molar-refractivity contribution < 1.29 is 19.0 Å². The predicted octanol–water partition coefficient (Wildman–Crippen LogP) is 4.10. The van der Waals surface area contributed by atoms with Crippen LogP contribution in [0.2, 0.25) is 0 Å². The lowest BCUT2D eigenvalue weighted by atomic mass is 10.3. The van der Waals surface area contributed by atoms with E-state index < -0.39 is 0 Å². The molecule has 0 saturated carbocycles. The molecule has 3 rings (SSSR count). The summed E-state index contributed by atoms with van der Waals surface area (Å²) < 4.78 is 17.4. The summed E-state index contributed by atoms with van der Waals surface area (Å²) in [6.45, 7) is 3.71. The predicted molar refractivity (Wildman–Crippen MR) is 127 cm³/mol. The van der Waals surface area contributed by atoms with E-state index in [1.807, 2.05) is 56.3 Å². The molecule has 1 amide bonds. The van der Waals surface area contributed by atoms with E-state index in [0.29, 0.717) is 30.6 Å². The molecule has 0 radical (unpaired) electrons. The Bertz CT molecular complexity index is 979. The minimum Gasteiger partial charge on any atom is -0.497 e. The normalized spacial score (nSPS) is 10.6. The second-order valence-electron chi connectivity index (χ2n) is 6.87. The average molecular weight is 466 g/mol. The molecule has 0 aliphatic rings. The molecular weight excluding hydrogens is 438 g/mol. The number of nitrogens with zero attached hydrogens (tertiary/aromatic N) is 3. The van der Waals surface area contributed by atoms with Crippen LogP contribution >= 0.6 is 23.7 Å². The molecule has 3 aromatic rings. The van der Waals surface area contributed by atoms with Gasteiger partial charge in [-0.25, -0.2) is 4.98 Å². The number of hydrogen-bond acceptors (Lipinski definition) is 7. The average Bonchev–Trinajstić information content (AvgIpc) is 3.16. The van der Waals surface area contributed by atoms with Gasteiger partial charge in [0.05, 0.1) is 23.9 Å². The van der Waals surface area contributed by atoms with Crippen LogP contribution in [0.4, 0.5) is 5.13 Å². The van der Waals surface area contributed by atoms with Gasteiger partial charge in [0.15, 0.2) is 11.7 Å². The number of carbonyl (C=O) groups is 1. The van der Waals surface area contributed by atoms with Crippen molar-refractivity contribution >= 4 is 45.0 Å². The Hall–Kier alpha value is -2.55. The van der Waals surface area contributed by atoms with Gasteiger partial charge in [0.1, 0.15) is 17.2 Å². The zero-order valence-corrected chi connectivity index (χ0v) is 19.8. The molecule has 31 heavy (non-hydrogen) atoms. The third-order valence-electron chi connectivity index (χ3n) is 4.38. The number of hydrogen-bond donors (Lipinski definition) is 0. The first-order valence-electron chi connectivity index (χ1n) is 9.75. The number of benzene rings is 2. The molecule has 0 atom stereocenters. The molecule has 7 nitrogen and oxygen atoms in total. The molecule has 0 spiro atoms. The van der Waals surface area contributed by atoms with E-state index >= 15 is 0 Å². The molecule has 2 aromatic carbocycles. The summed E-state index contributed by atoms with van der Waals surface area (Å²) in [6.07, 6.45) is 0. The van der Waals surface area contributed by atoms with Crippen molar-refractivity contribution in [2.24, 2.45) is 0 Å². The van der Waals surface area contributed by atoms with Gasteiger partial charge in [-0.05, 0) is 63.5 Å². The van der Waals surface area contributed by atoms with E-state index in [-0.39, 0.29) is 24.9 Å². The number of anilines is 1. The molecule has 0 bridgehead atoms. The van der Waals surface area contributed by atoms with Crippen LogP contribution in [0.5, 0.6) is 17.2 Å². The van der Waals surface area contributed by atoms with Gasteiger partial charge in [0.25, 0.3) is 5.91 Å². The van der Waals surface area contributed by atoms with Crippen molar-refractivity contribution in [1.82, 2.24) is 9.88 Å². The molecule has 0 fully saturated rings. The number of fused-ring (bicyclic) bond motifs is 1. The maximum Gasteiger partial charge on any atom is 0.266 e. The Morgan fingerprint density at radius 1 is 1.00 bits per heavy atom. The first-order chi connectivity index (χ1) is 14.5. The summed E-state index contributed by atoms with van der Waals surface area (Å²) in [5.74, 6) is 2.02. The fraction of sp³-hybridized carbons (Fsp3) is 0.364. The van der Waals surface area contributed by atoms with Crippen molar-refractivity contribution in [1.29, 1.82) is 0 Å². The van der Waals surface area contributed by atoms with Crippen LogP contribution in [0.25, 0.3) is 10.2 Å². The van der Waals surface area contributed by atoms with E-state index in [2.05, 4.69) is 4.98 Å². The van der Waals surface area contributed by atoms with Gasteiger partial charge < -0.3 is 19.1 Å². The van der Waals surface area contributed by atoms with Gasteiger partial charge in [0.2, 0.25) is 0 Å². The molecule has 0 aliphatic carbocycles. The summed E-state index contributed by atoms with van der Waals surface area (Å²) >= 11 is 1.47. The molecule has 168 valence electrons. The van der Waals surface area contributed by atoms with Gasteiger partial charge in [-0.2, -0.15) is 0 Å². The number of carbonyl (C=O) groups excluding carboxylic acids is 1. The van der Waals surface area contributed by atoms with Crippen LogP contribution in [0.15, 0.2) is 42.5 Å². The van der Waals surface area contributed by atoms with Crippen LogP contribution < -0.4 is 19.1 Å². The minimum atomic E-state index is -0.142. The zero-order valence-electron chi connectivity index (χ0n) is 18.2. The fourth-order valence-corrected chi connectivity index (χ4v) is 3.82. The topological polar surface area (TPSA) is 64.1 Å². The summed E-state index contributed by atoms with van der Waals surface area (Å²) in [5, 5.41) is 0.653. The molecule has 0 unspecified atom stereocenters. The highest BCUT2D eigenvalue weighted by atomic mass is 35.5. The van der Waals surface area contributed by atoms with Crippen LogP contribution in [0.1, 0.15) is 6.92 Å². The monoisotopic (exact) mass is 465 g/mol. The van der Waals surface area contributed by atoms with Crippen molar-refractivity contribution in [3.8, 4) is 17.2 Å². The minimum absolute atomic E-state index is 0. The zero-order chi connectivity index (χ0) is 21.5. The quantitative estimate of drug-likeness (QED) is 0.449. The summed E-state index contributed by atoms with van der Waals surface area (Å²) in [7, 11) is 5.58. The Balaban J connectivity index is 0.00000341. The Labute approximate surface area is 192 Å². The molecule has 0 saturated heterocycles.